The van der Waals surface area contributed by atoms with Crippen molar-refractivity contribution in [2.24, 2.45) is 11.7 Å². The molecule has 28 heavy (non-hydrogen) atoms. The SMILES string of the molecule is N[C@@H](Cc1ccccc1)C[C@@H](CO)C(=O)N1C(=O)OC[C@H]1Cc1ccccc1. The lowest BCUT2D eigenvalue weighted by Gasteiger charge is -2.25. The van der Waals surface area contributed by atoms with Crippen molar-refractivity contribution in [1.29, 1.82) is 0 Å². The van der Waals surface area contributed by atoms with Gasteiger partial charge in [0.05, 0.1) is 18.6 Å². The highest BCUT2D eigenvalue weighted by Gasteiger charge is 2.40. The largest absolute Gasteiger partial charge is 0.447 e. The molecule has 3 rings (SSSR count). The summed E-state index contributed by atoms with van der Waals surface area (Å²) in [5, 5.41) is 9.78. The molecule has 0 aromatic heterocycles. The second-order valence-corrected chi connectivity index (χ2v) is 7.19. The highest BCUT2D eigenvalue weighted by atomic mass is 16.6. The number of imide groups is 1. The highest BCUT2D eigenvalue weighted by Crippen LogP contribution is 2.22. The Morgan fingerprint density at radius 1 is 1.11 bits per heavy atom. The first-order valence-corrected chi connectivity index (χ1v) is 9.52. The Balaban J connectivity index is 1.65. The lowest BCUT2D eigenvalue weighted by molar-refractivity contribution is -0.135. The van der Waals surface area contributed by atoms with E-state index < -0.39 is 17.9 Å². The van der Waals surface area contributed by atoms with Gasteiger partial charge >= 0.3 is 6.09 Å². The molecule has 0 radical (unpaired) electrons. The van der Waals surface area contributed by atoms with Crippen molar-refractivity contribution in [1.82, 2.24) is 4.90 Å². The molecule has 6 nitrogen and oxygen atoms in total. The fourth-order valence-corrected chi connectivity index (χ4v) is 3.58. The van der Waals surface area contributed by atoms with Crippen LogP contribution in [-0.4, -0.2) is 47.3 Å². The van der Waals surface area contributed by atoms with Crippen LogP contribution in [0.5, 0.6) is 0 Å². The molecular formula is C22H26N2O4. The molecule has 0 bridgehead atoms. The van der Waals surface area contributed by atoms with Gasteiger partial charge in [-0.2, -0.15) is 0 Å². The minimum Gasteiger partial charge on any atom is -0.447 e. The number of amides is 2. The third-order valence-corrected chi connectivity index (χ3v) is 5.01. The van der Waals surface area contributed by atoms with E-state index in [1.807, 2.05) is 60.7 Å². The second-order valence-electron chi connectivity index (χ2n) is 7.19. The monoisotopic (exact) mass is 382 g/mol. The number of aliphatic hydroxyl groups is 1. The molecule has 2 amide bonds. The lowest BCUT2D eigenvalue weighted by atomic mass is 9.94. The zero-order valence-corrected chi connectivity index (χ0v) is 15.7. The van der Waals surface area contributed by atoms with E-state index in [1.165, 1.54) is 0 Å². The van der Waals surface area contributed by atoms with Crippen molar-refractivity contribution in [3.63, 3.8) is 0 Å². The molecule has 1 aliphatic rings. The molecule has 0 saturated carbocycles. The van der Waals surface area contributed by atoms with E-state index in [9.17, 15) is 14.7 Å². The van der Waals surface area contributed by atoms with Crippen LogP contribution in [0, 0.1) is 5.92 Å². The van der Waals surface area contributed by atoms with Gasteiger partial charge in [0, 0.05) is 6.04 Å². The average molecular weight is 382 g/mol. The van der Waals surface area contributed by atoms with E-state index in [0.717, 1.165) is 16.0 Å². The number of benzene rings is 2. The van der Waals surface area contributed by atoms with E-state index >= 15 is 0 Å². The Morgan fingerprint density at radius 3 is 2.32 bits per heavy atom. The zero-order valence-electron chi connectivity index (χ0n) is 15.7. The Hall–Kier alpha value is -2.70. The summed E-state index contributed by atoms with van der Waals surface area (Å²) in [5.74, 6) is -1.16. The Bertz CT molecular complexity index is 782. The van der Waals surface area contributed by atoms with Gasteiger partial charge in [-0.05, 0) is 30.4 Å². The number of aliphatic hydroxyl groups excluding tert-OH is 1. The summed E-state index contributed by atoms with van der Waals surface area (Å²) in [5.41, 5.74) is 8.30. The molecule has 1 saturated heterocycles. The van der Waals surface area contributed by atoms with Crippen LogP contribution in [-0.2, 0) is 22.4 Å². The maximum Gasteiger partial charge on any atom is 0.416 e. The number of carbonyl (C=O) groups excluding carboxylic acids is 2. The summed E-state index contributed by atoms with van der Waals surface area (Å²) >= 11 is 0. The molecule has 0 aliphatic carbocycles. The topological polar surface area (TPSA) is 92.9 Å². The quantitative estimate of drug-likeness (QED) is 0.730. The van der Waals surface area contributed by atoms with E-state index in [4.69, 9.17) is 10.5 Å². The number of hydrogen-bond donors (Lipinski definition) is 2. The molecular weight excluding hydrogens is 356 g/mol. The molecule has 3 atom stereocenters. The van der Waals surface area contributed by atoms with E-state index in [2.05, 4.69) is 0 Å². The third kappa shape index (κ3) is 4.97. The minimum absolute atomic E-state index is 0.160. The summed E-state index contributed by atoms with van der Waals surface area (Å²) < 4.78 is 5.12. The first-order chi connectivity index (χ1) is 13.6. The maximum absolute atomic E-state index is 13.0. The number of nitrogens with two attached hydrogens (primary N) is 1. The van der Waals surface area contributed by atoms with E-state index in [0.29, 0.717) is 19.3 Å². The van der Waals surface area contributed by atoms with Gasteiger partial charge in [0.1, 0.15) is 6.61 Å². The molecule has 3 N–H and O–H groups in total. The smallest absolute Gasteiger partial charge is 0.416 e. The fourth-order valence-electron chi connectivity index (χ4n) is 3.58. The summed E-state index contributed by atoms with van der Waals surface area (Å²) in [7, 11) is 0. The Labute approximate surface area is 164 Å². The Kier molecular flexibility index (Phi) is 6.79. The van der Waals surface area contributed by atoms with Gasteiger partial charge in [0.25, 0.3) is 0 Å². The van der Waals surface area contributed by atoms with Crippen LogP contribution in [0.4, 0.5) is 4.79 Å². The summed E-state index contributed by atoms with van der Waals surface area (Å²) in [6.07, 6.45) is 0.766. The minimum atomic E-state index is -0.734. The molecule has 6 heteroatoms. The van der Waals surface area contributed by atoms with Crippen LogP contribution in [0.1, 0.15) is 17.5 Å². The van der Waals surface area contributed by atoms with E-state index in [-0.39, 0.29) is 25.3 Å². The fraction of sp³-hybridized carbons (Fsp3) is 0.364. The van der Waals surface area contributed by atoms with Crippen LogP contribution in [0.3, 0.4) is 0 Å². The van der Waals surface area contributed by atoms with Gasteiger partial charge in [-0.15, -0.1) is 0 Å². The Morgan fingerprint density at radius 2 is 1.71 bits per heavy atom. The number of ether oxygens (including phenoxy) is 1. The van der Waals surface area contributed by atoms with Crippen molar-refractivity contribution in [2.75, 3.05) is 13.2 Å². The first-order valence-electron chi connectivity index (χ1n) is 9.52. The van der Waals surface area contributed by atoms with Crippen LogP contribution in [0.15, 0.2) is 60.7 Å². The van der Waals surface area contributed by atoms with Gasteiger partial charge in [-0.25, -0.2) is 9.69 Å². The molecule has 2 aromatic rings. The zero-order chi connectivity index (χ0) is 19.9. The first kappa shape index (κ1) is 20.0. The summed E-state index contributed by atoms with van der Waals surface area (Å²) in [6, 6.07) is 18.7. The van der Waals surface area contributed by atoms with Gasteiger partial charge in [0.2, 0.25) is 5.91 Å². The van der Waals surface area contributed by atoms with Crippen LogP contribution in [0.25, 0.3) is 0 Å². The number of rotatable bonds is 8. The molecule has 1 heterocycles. The maximum atomic E-state index is 13.0. The van der Waals surface area contributed by atoms with Crippen LogP contribution < -0.4 is 5.73 Å². The van der Waals surface area contributed by atoms with Gasteiger partial charge in [0.15, 0.2) is 0 Å². The molecule has 1 aliphatic heterocycles. The number of nitrogens with zero attached hydrogens (tertiary/aromatic N) is 1. The summed E-state index contributed by atoms with van der Waals surface area (Å²) in [6.45, 7) is -0.198. The second kappa shape index (κ2) is 9.48. The lowest BCUT2D eigenvalue weighted by Crippen LogP contribution is -2.46. The van der Waals surface area contributed by atoms with Crippen molar-refractivity contribution >= 4 is 12.0 Å². The van der Waals surface area contributed by atoms with Crippen molar-refractivity contribution in [3.8, 4) is 0 Å². The molecule has 148 valence electrons. The summed E-state index contributed by atoms with van der Waals surface area (Å²) in [4.78, 5) is 26.3. The van der Waals surface area contributed by atoms with Gasteiger partial charge in [-0.3, -0.25) is 4.79 Å². The van der Waals surface area contributed by atoms with Gasteiger partial charge < -0.3 is 15.6 Å². The number of cyclic esters (lactones) is 1. The van der Waals surface area contributed by atoms with Crippen molar-refractivity contribution in [3.05, 3.63) is 71.8 Å². The molecule has 2 aromatic carbocycles. The predicted octanol–water partition coefficient (Wildman–Crippen LogP) is 2.15. The molecule has 1 fully saturated rings. The van der Waals surface area contributed by atoms with Crippen molar-refractivity contribution in [2.45, 2.75) is 31.3 Å². The number of carbonyl (C=O) groups is 2. The average Bonchev–Trinajstić information content (AvgIpc) is 3.07. The third-order valence-electron chi connectivity index (χ3n) is 5.01. The standard InChI is InChI=1S/C22H26N2O4/c23-19(11-16-7-3-1-4-8-16)13-18(14-25)21(26)24-20(15-28-22(24)27)12-17-9-5-2-6-10-17/h1-10,18-20,25H,11-15,23H2/t18-,19-,20+/m0/s1. The van der Waals surface area contributed by atoms with Gasteiger partial charge in [-0.1, -0.05) is 60.7 Å². The van der Waals surface area contributed by atoms with Crippen LogP contribution in [0.2, 0.25) is 0 Å². The predicted molar refractivity (Wildman–Crippen MR) is 105 cm³/mol. The van der Waals surface area contributed by atoms with Crippen LogP contribution >= 0.6 is 0 Å². The van der Waals surface area contributed by atoms with Crippen molar-refractivity contribution < 1.29 is 19.4 Å². The molecule has 0 spiro atoms. The molecule has 0 unspecified atom stereocenters. The normalized spacial score (nSPS) is 18.6. The van der Waals surface area contributed by atoms with E-state index in [1.54, 1.807) is 0 Å². The highest BCUT2D eigenvalue weighted by molar-refractivity contribution is 5.95. The number of hydrogen-bond acceptors (Lipinski definition) is 5.